The van der Waals surface area contributed by atoms with Crippen LogP contribution in [0.5, 0.6) is 5.75 Å². The van der Waals surface area contributed by atoms with Gasteiger partial charge in [-0.15, -0.1) is 0 Å². The first-order chi connectivity index (χ1) is 9.55. The van der Waals surface area contributed by atoms with Crippen molar-refractivity contribution in [2.24, 2.45) is 5.84 Å². The zero-order valence-electron chi connectivity index (χ0n) is 11.3. The van der Waals surface area contributed by atoms with Crippen LogP contribution in [0.1, 0.15) is 22.7 Å². The third-order valence-corrected chi connectivity index (χ3v) is 3.08. The molecule has 0 bridgehead atoms. The molecule has 3 nitrogen and oxygen atoms in total. The standard InChI is InChI=1S/C15H16F2N2O/c1-9-3-4-13(14(5-9)20-2)15(19-18)10-6-11(16)8-12(17)7-10/h3-8,15,19H,18H2,1-2H3. The van der Waals surface area contributed by atoms with Gasteiger partial charge in [0.15, 0.2) is 0 Å². The van der Waals surface area contributed by atoms with Crippen LogP contribution in [-0.2, 0) is 0 Å². The van der Waals surface area contributed by atoms with E-state index in [1.807, 2.05) is 25.1 Å². The van der Waals surface area contributed by atoms with E-state index in [-0.39, 0.29) is 0 Å². The van der Waals surface area contributed by atoms with Crippen molar-refractivity contribution < 1.29 is 13.5 Å². The SMILES string of the molecule is COc1cc(C)ccc1C(NN)c1cc(F)cc(F)c1. The number of nitrogens with one attached hydrogen (secondary N) is 1. The molecular weight excluding hydrogens is 262 g/mol. The minimum absolute atomic E-state index is 0.396. The van der Waals surface area contributed by atoms with Crippen molar-refractivity contribution in [2.75, 3.05) is 7.11 Å². The summed E-state index contributed by atoms with van der Waals surface area (Å²) in [5.41, 5.74) is 4.70. The lowest BCUT2D eigenvalue weighted by atomic mass is 9.97. The summed E-state index contributed by atoms with van der Waals surface area (Å²) in [6.45, 7) is 1.93. The highest BCUT2D eigenvalue weighted by atomic mass is 19.1. The first-order valence-electron chi connectivity index (χ1n) is 6.12. The molecule has 0 spiro atoms. The molecule has 0 saturated carbocycles. The summed E-state index contributed by atoms with van der Waals surface area (Å²) < 4.78 is 32.0. The average molecular weight is 278 g/mol. The topological polar surface area (TPSA) is 47.3 Å². The molecule has 0 amide bonds. The highest BCUT2D eigenvalue weighted by Crippen LogP contribution is 2.31. The van der Waals surface area contributed by atoms with Gasteiger partial charge in [-0.25, -0.2) is 14.2 Å². The fourth-order valence-electron chi connectivity index (χ4n) is 2.16. The molecule has 0 aromatic heterocycles. The van der Waals surface area contributed by atoms with Crippen molar-refractivity contribution in [3.05, 3.63) is 64.7 Å². The number of halogens is 2. The Hall–Kier alpha value is -1.98. The number of benzene rings is 2. The molecule has 0 radical (unpaired) electrons. The molecule has 1 unspecified atom stereocenters. The molecule has 20 heavy (non-hydrogen) atoms. The van der Waals surface area contributed by atoms with E-state index in [0.717, 1.165) is 11.6 Å². The number of aryl methyl sites for hydroxylation is 1. The lowest BCUT2D eigenvalue weighted by molar-refractivity contribution is 0.403. The predicted octanol–water partition coefficient (Wildman–Crippen LogP) is 2.83. The van der Waals surface area contributed by atoms with Crippen molar-refractivity contribution >= 4 is 0 Å². The number of hydrazine groups is 1. The third kappa shape index (κ3) is 2.95. The van der Waals surface area contributed by atoms with Gasteiger partial charge < -0.3 is 4.74 Å². The van der Waals surface area contributed by atoms with Crippen molar-refractivity contribution in [3.63, 3.8) is 0 Å². The van der Waals surface area contributed by atoms with Crippen LogP contribution in [0.15, 0.2) is 36.4 Å². The van der Waals surface area contributed by atoms with Crippen molar-refractivity contribution in [2.45, 2.75) is 13.0 Å². The molecule has 0 saturated heterocycles. The molecule has 0 fully saturated rings. The predicted molar refractivity (Wildman–Crippen MR) is 73.3 cm³/mol. The van der Waals surface area contributed by atoms with Gasteiger partial charge in [-0.2, -0.15) is 0 Å². The van der Waals surface area contributed by atoms with E-state index in [4.69, 9.17) is 10.6 Å². The highest BCUT2D eigenvalue weighted by molar-refractivity contribution is 5.43. The Bertz CT molecular complexity index is 597. The van der Waals surface area contributed by atoms with Crippen LogP contribution in [0, 0.1) is 18.6 Å². The van der Waals surface area contributed by atoms with Gasteiger partial charge in [0.2, 0.25) is 0 Å². The Morgan fingerprint density at radius 3 is 2.30 bits per heavy atom. The minimum atomic E-state index is -0.647. The van der Waals surface area contributed by atoms with Gasteiger partial charge in [0.05, 0.1) is 13.2 Å². The van der Waals surface area contributed by atoms with Gasteiger partial charge in [-0.05, 0) is 36.2 Å². The Morgan fingerprint density at radius 1 is 1.10 bits per heavy atom. The van der Waals surface area contributed by atoms with Gasteiger partial charge in [0.25, 0.3) is 0 Å². The normalized spacial score (nSPS) is 12.2. The van der Waals surface area contributed by atoms with Crippen LogP contribution in [0.3, 0.4) is 0 Å². The number of ether oxygens (including phenoxy) is 1. The Labute approximate surface area is 116 Å². The summed E-state index contributed by atoms with van der Waals surface area (Å²) in [6.07, 6.45) is 0. The summed E-state index contributed by atoms with van der Waals surface area (Å²) in [5.74, 6) is 4.86. The third-order valence-electron chi connectivity index (χ3n) is 3.08. The lowest BCUT2D eigenvalue weighted by Crippen LogP contribution is -2.29. The van der Waals surface area contributed by atoms with Gasteiger partial charge in [0.1, 0.15) is 17.4 Å². The maximum atomic E-state index is 13.3. The fourth-order valence-corrected chi connectivity index (χ4v) is 2.16. The quantitative estimate of drug-likeness (QED) is 0.668. The molecule has 3 N–H and O–H groups in total. The van der Waals surface area contributed by atoms with Gasteiger partial charge >= 0.3 is 0 Å². The van der Waals surface area contributed by atoms with Crippen molar-refractivity contribution in [1.29, 1.82) is 0 Å². The Kier molecular flexibility index (Phi) is 4.32. The molecule has 5 heteroatoms. The number of methoxy groups -OCH3 is 1. The van der Waals surface area contributed by atoms with Crippen molar-refractivity contribution in [1.82, 2.24) is 5.43 Å². The molecule has 0 aliphatic carbocycles. The first kappa shape index (κ1) is 14.4. The molecule has 2 aromatic carbocycles. The number of hydrogen-bond acceptors (Lipinski definition) is 3. The maximum Gasteiger partial charge on any atom is 0.126 e. The van der Waals surface area contributed by atoms with Crippen LogP contribution in [-0.4, -0.2) is 7.11 Å². The van der Waals surface area contributed by atoms with Gasteiger partial charge in [0, 0.05) is 11.6 Å². The zero-order chi connectivity index (χ0) is 14.7. The van der Waals surface area contributed by atoms with Gasteiger partial charge in [-0.1, -0.05) is 12.1 Å². The minimum Gasteiger partial charge on any atom is -0.496 e. The summed E-state index contributed by atoms with van der Waals surface area (Å²) in [5, 5.41) is 0. The maximum absolute atomic E-state index is 13.3. The van der Waals surface area contributed by atoms with Gasteiger partial charge in [-0.3, -0.25) is 5.84 Å². The summed E-state index contributed by atoms with van der Waals surface area (Å²) in [4.78, 5) is 0. The summed E-state index contributed by atoms with van der Waals surface area (Å²) in [6, 6.07) is 8.30. The van der Waals surface area contributed by atoms with E-state index in [0.29, 0.717) is 16.9 Å². The zero-order valence-corrected chi connectivity index (χ0v) is 11.3. The molecule has 0 aliphatic rings. The molecule has 0 aliphatic heterocycles. The second kappa shape index (κ2) is 5.98. The number of rotatable bonds is 4. The van der Waals surface area contributed by atoms with Crippen LogP contribution in [0.25, 0.3) is 0 Å². The van der Waals surface area contributed by atoms with E-state index in [2.05, 4.69) is 5.43 Å². The fraction of sp³-hybridized carbons (Fsp3) is 0.200. The monoisotopic (exact) mass is 278 g/mol. The van der Waals surface area contributed by atoms with Crippen LogP contribution >= 0.6 is 0 Å². The second-order valence-electron chi connectivity index (χ2n) is 4.55. The van der Waals surface area contributed by atoms with E-state index in [9.17, 15) is 8.78 Å². The summed E-state index contributed by atoms with van der Waals surface area (Å²) >= 11 is 0. The molecule has 2 rings (SSSR count). The van der Waals surface area contributed by atoms with Crippen molar-refractivity contribution in [3.8, 4) is 5.75 Å². The number of hydrogen-bond donors (Lipinski definition) is 2. The van der Waals surface area contributed by atoms with Crippen LogP contribution in [0.4, 0.5) is 8.78 Å². The van der Waals surface area contributed by atoms with Crippen LogP contribution < -0.4 is 16.0 Å². The first-order valence-corrected chi connectivity index (χ1v) is 6.12. The molecule has 2 aromatic rings. The Morgan fingerprint density at radius 2 is 1.75 bits per heavy atom. The molecule has 0 heterocycles. The molecule has 106 valence electrons. The van der Waals surface area contributed by atoms with E-state index >= 15 is 0 Å². The van der Waals surface area contributed by atoms with Crippen LogP contribution in [0.2, 0.25) is 0 Å². The van der Waals surface area contributed by atoms with E-state index in [1.54, 1.807) is 0 Å². The summed E-state index contributed by atoms with van der Waals surface area (Å²) in [7, 11) is 1.54. The van der Waals surface area contributed by atoms with E-state index < -0.39 is 17.7 Å². The second-order valence-corrected chi connectivity index (χ2v) is 4.55. The molecule has 1 atom stereocenters. The average Bonchev–Trinajstić information content (AvgIpc) is 2.40. The molecular formula is C15H16F2N2O. The smallest absolute Gasteiger partial charge is 0.126 e. The largest absolute Gasteiger partial charge is 0.496 e. The van der Waals surface area contributed by atoms with E-state index in [1.165, 1.54) is 19.2 Å². The lowest BCUT2D eigenvalue weighted by Gasteiger charge is -2.20. The number of nitrogens with two attached hydrogens (primary N) is 1. The Balaban J connectivity index is 2.52. The highest BCUT2D eigenvalue weighted by Gasteiger charge is 2.18.